The summed E-state index contributed by atoms with van der Waals surface area (Å²) in [5.41, 5.74) is 6.65. The molecule has 2 rings (SSSR count). The molecule has 6 heteroatoms. The van der Waals surface area contributed by atoms with Crippen LogP contribution in [0.25, 0.3) is 11.4 Å². The summed E-state index contributed by atoms with van der Waals surface area (Å²) in [5.74, 6) is 2.07. The number of rotatable bonds is 1. The summed E-state index contributed by atoms with van der Waals surface area (Å²) in [6.07, 6.45) is 1.69. The predicted molar refractivity (Wildman–Crippen MR) is 52.4 cm³/mol. The SMILES string of the molecule is Cc1nc(-c2cnn(C)c2N)n(C)n1. The van der Waals surface area contributed by atoms with Crippen LogP contribution in [0, 0.1) is 6.92 Å². The van der Waals surface area contributed by atoms with Crippen molar-refractivity contribution in [3.05, 3.63) is 12.0 Å². The summed E-state index contributed by atoms with van der Waals surface area (Å²) in [4.78, 5) is 4.27. The molecule has 0 bridgehead atoms. The number of nitrogen functional groups attached to an aromatic ring is 1. The average Bonchev–Trinajstić information content (AvgIpc) is 2.59. The zero-order chi connectivity index (χ0) is 10.3. The molecule has 0 atom stereocenters. The fourth-order valence-corrected chi connectivity index (χ4v) is 1.37. The molecule has 0 spiro atoms. The number of nitrogens with two attached hydrogens (primary N) is 1. The van der Waals surface area contributed by atoms with Crippen molar-refractivity contribution in [3.8, 4) is 11.4 Å². The maximum Gasteiger partial charge on any atom is 0.163 e. The molecule has 2 heterocycles. The monoisotopic (exact) mass is 192 g/mol. The van der Waals surface area contributed by atoms with Gasteiger partial charge in [-0.3, -0.25) is 4.68 Å². The molecule has 14 heavy (non-hydrogen) atoms. The highest BCUT2D eigenvalue weighted by atomic mass is 15.3. The molecule has 6 nitrogen and oxygen atoms in total. The van der Waals surface area contributed by atoms with Gasteiger partial charge in [0.2, 0.25) is 0 Å². The molecule has 2 aromatic heterocycles. The molecular formula is C8H12N6. The number of aryl methyl sites for hydroxylation is 3. The second kappa shape index (κ2) is 2.83. The molecule has 0 aliphatic rings. The first-order chi connectivity index (χ1) is 6.59. The molecule has 2 N–H and O–H groups in total. The lowest BCUT2D eigenvalue weighted by molar-refractivity contribution is 0.763. The van der Waals surface area contributed by atoms with E-state index in [2.05, 4.69) is 15.2 Å². The average molecular weight is 192 g/mol. The van der Waals surface area contributed by atoms with Crippen molar-refractivity contribution in [1.82, 2.24) is 24.5 Å². The van der Waals surface area contributed by atoms with Gasteiger partial charge in [0.25, 0.3) is 0 Å². The van der Waals surface area contributed by atoms with E-state index < -0.39 is 0 Å². The van der Waals surface area contributed by atoms with Gasteiger partial charge in [-0.05, 0) is 6.92 Å². The van der Waals surface area contributed by atoms with Crippen LogP contribution >= 0.6 is 0 Å². The lowest BCUT2D eigenvalue weighted by Crippen LogP contribution is -2.00. The van der Waals surface area contributed by atoms with Gasteiger partial charge >= 0.3 is 0 Å². The molecule has 0 unspecified atom stereocenters. The Kier molecular flexibility index (Phi) is 1.77. The van der Waals surface area contributed by atoms with Crippen LogP contribution in [0.4, 0.5) is 5.82 Å². The first-order valence-corrected chi connectivity index (χ1v) is 4.25. The Labute approximate surface area is 81.4 Å². The quantitative estimate of drug-likeness (QED) is 0.695. The summed E-state index contributed by atoms with van der Waals surface area (Å²) in [6, 6.07) is 0. The van der Waals surface area contributed by atoms with Crippen molar-refractivity contribution in [3.63, 3.8) is 0 Å². The Morgan fingerprint density at radius 1 is 1.29 bits per heavy atom. The molecule has 0 saturated heterocycles. The lowest BCUT2D eigenvalue weighted by atomic mass is 10.3. The van der Waals surface area contributed by atoms with Crippen LogP contribution < -0.4 is 5.73 Å². The summed E-state index contributed by atoms with van der Waals surface area (Å²) < 4.78 is 3.31. The minimum atomic E-state index is 0.598. The van der Waals surface area contributed by atoms with Crippen molar-refractivity contribution in [1.29, 1.82) is 0 Å². The van der Waals surface area contributed by atoms with E-state index in [0.717, 1.165) is 17.2 Å². The third kappa shape index (κ3) is 1.15. The molecule has 0 saturated carbocycles. The van der Waals surface area contributed by atoms with E-state index in [1.165, 1.54) is 0 Å². The topological polar surface area (TPSA) is 74.6 Å². The van der Waals surface area contributed by atoms with E-state index in [9.17, 15) is 0 Å². The van der Waals surface area contributed by atoms with Crippen LogP contribution in [-0.4, -0.2) is 24.5 Å². The predicted octanol–water partition coefficient (Wildman–Crippen LogP) is 0.106. The standard InChI is InChI=1S/C8H12N6/c1-5-11-8(14(3)12-5)6-4-10-13(2)7(6)9/h4H,9H2,1-3H3. The molecule has 0 aliphatic heterocycles. The second-order valence-electron chi connectivity index (χ2n) is 3.17. The highest BCUT2D eigenvalue weighted by Crippen LogP contribution is 2.22. The Morgan fingerprint density at radius 2 is 2.00 bits per heavy atom. The van der Waals surface area contributed by atoms with E-state index in [-0.39, 0.29) is 0 Å². The largest absolute Gasteiger partial charge is 0.383 e. The van der Waals surface area contributed by atoms with E-state index in [4.69, 9.17) is 5.73 Å². The van der Waals surface area contributed by atoms with Crippen LogP contribution in [0.15, 0.2) is 6.20 Å². The third-order valence-corrected chi connectivity index (χ3v) is 2.09. The summed E-state index contributed by atoms with van der Waals surface area (Å²) in [6.45, 7) is 1.84. The molecule has 0 radical (unpaired) electrons. The summed E-state index contributed by atoms with van der Waals surface area (Å²) >= 11 is 0. The highest BCUT2D eigenvalue weighted by Gasteiger charge is 2.13. The maximum absolute atomic E-state index is 5.83. The molecule has 0 amide bonds. The number of nitrogens with zero attached hydrogens (tertiary/aromatic N) is 5. The third-order valence-electron chi connectivity index (χ3n) is 2.09. The molecule has 0 aromatic carbocycles. The van der Waals surface area contributed by atoms with Gasteiger partial charge in [0.05, 0.1) is 11.8 Å². The molecule has 2 aromatic rings. The van der Waals surface area contributed by atoms with Gasteiger partial charge in [0.1, 0.15) is 11.6 Å². The van der Waals surface area contributed by atoms with Crippen LogP contribution in [0.2, 0.25) is 0 Å². The zero-order valence-electron chi connectivity index (χ0n) is 8.39. The Bertz CT molecular complexity index is 466. The smallest absolute Gasteiger partial charge is 0.163 e. The van der Waals surface area contributed by atoms with Crippen molar-refractivity contribution in [2.75, 3.05) is 5.73 Å². The van der Waals surface area contributed by atoms with Crippen molar-refractivity contribution < 1.29 is 0 Å². The number of hydrogen-bond acceptors (Lipinski definition) is 4. The fourth-order valence-electron chi connectivity index (χ4n) is 1.37. The van der Waals surface area contributed by atoms with Gasteiger partial charge in [-0.1, -0.05) is 0 Å². The van der Waals surface area contributed by atoms with Crippen molar-refractivity contribution in [2.24, 2.45) is 14.1 Å². The summed E-state index contributed by atoms with van der Waals surface area (Å²) in [7, 11) is 3.63. The van der Waals surface area contributed by atoms with Crippen LogP contribution in [-0.2, 0) is 14.1 Å². The van der Waals surface area contributed by atoms with Gasteiger partial charge in [-0.2, -0.15) is 10.2 Å². The highest BCUT2D eigenvalue weighted by molar-refractivity contribution is 5.67. The normalized spacial score (nSPS) is 10.8. The molecule has 0 aliphatic carbocycles. The minimum Gasteiger partial charge on any atom is -0.383 e. The first-order valence-electron chi connectivity index (χ1n) is 4.25. The minimum absolute atomic E-state index is 0.598. The molecule has 74 valence electrons. The van der Waals surface area contributed by atoms with E-state index in [0.29, 0.717) is 5.82 Å². The summed E-state index contributed by atoms with van der Waals surface area (Å²) in [5, 5.41) is 8.20. The Balaban J connectivity index is 2.59. The zero-order valence-corrected chi connectivity index (χ0v) is 8.39. The number of aromatic nitrogens is 5. The maximum atomic E-state index is 5.83. The number of anilines is 1. The van der Waals surface area contributed by atoms with Crippen LogP contribution in [0.3, 0.4) is 0 Å². The first kappa shape index (κ1) is 8.74. The van der Waals surface area contributed by atoms with E-state index in [1.807, 2.05) is 14.0 Å². The van der Waals surface area contributed by atoms with Gasteiger partial charge in [0, 0.05) is 14.1 Å². The van der Waals surface area contributed by atoms with Crippen LogP contribution in [0.5, 0.6) is 0 Å². The number of hydrogen-bond donors (Lipinski definition) is 1. The molecule has 0 fully saturated rings. The lowest BCUT2D eigenvalue weighted by Gasteiger charge is -1.98. The van der Waals surface area contributed by atoms with Gasteiger partial charge in [-0.25, -0.2) is 9.67 Å². The van der Waals surface area contributed by atoms with E-state index in [1.54, 1.807) is 22.6 Å². The Morgan fingerprint density at radius 3 is 2.43 bits per heavy atom. The Hall–Kier alpha value is -1.85. The van der Waals surface area contributed by atoms with Gasteiger partial charge in [-0.15, -0.1) is 0 Å². The van der Waals surface area contributed by atoms with Crippen molar-refractivity contribution >= 4 is 5.82 Å². The van der Waals surface area contributed by atoms with E-state index >= 15 is 0 Å². The van der Waals surface area contributed by atoms with Gasteiger partial charge in [0.15, 0.2) is 5.82 Å². The van der Waals surface area contributed by atoms with Gasteiger partial charge < -0.3 is 5.73 Å². The van der Waals surface area contributed by atoms with Crippen LogP contribution in [0.1, 0.15) is 5.82 Å². The molecular weight excluding hydrogens is 180 g/mol. The fraction of sp³-hybridized carbons (Fsp3) is 0.375. The second-order valence-corrected chi connectivity index (χ2v) is 3.17. The van der Waals surface area contributed by atoms with Crippen molar-refractivity contribution in [2.45, 2.75) is 6.92 Å².